The molecule has 1 N–H and O–H groups in total. The lowest BCUT2D eigenvalue weighted by Gasteiger charge is -2.10. The topological polar surface area (TPSA) is 61.6 Å². The van der Waals surface area contributed by atoms with E-state index in [-0.39, 0.29) is 0 Å². The predicted molar refractivity (Wildman–Crippen MR) is 69.2 cm³/mol. The molecule has 0 bridgehead atoms. The molecule has 0 aliphatic carbocycles. The maximum Gasteiger partial charge on any atom is 0.0916 e. The molecule has 0 spiro atoms. The highest BCUT2D eigenvalue weighted by atomic mass is 32.2. The van der Waals surface area contributed by atoms with Crippen LogP contribution in [0.4, 0.5) is 0 Å². The molecule has 0 aromatic rings. The molecule has 1 heterocycles. The Labute approximate surface area is 106 Å². The SMILES string of the molecule is CCCCCCC[NH+]1CCCC1.CS(=O)(=O)[O-]. The molecule has 104 valence electrons. The van der Waals surface area contributed by atoms with Gasteiger partial charge in [0.25, 0.3) is 0 Å². The van der Waals surface area contributed by atoms with Crippen LogP contribution in [-0.2, 0) is 10.1 Å². The van der Waals surface area contributed by atoms with Crippen LogP contribution < -0.4 is 4.90 Å². The Bertz CT molecular complexity index is 251. The summed E-state index contributed by atoms with van der Waals surface area (Å²) in [4.78, 5) is 1.87. The maximum absolute atomic E-state index is 9.08. The third kappa shape index (κ3) is 15.9. The van der Waals surface area contributed by atoms with Crippen LogP contribution in [0.15, 0.2) is 0 Å². The lowest BCUT2D eigenvalue weighted by molar-refractivity contribution is -0.887. The van der Waals surface area contributed by atoms with Crippen LogP contribution in [0.25, 0.3) is 0 Å². The van der Waals surface area contributed by atoms with Crippen LogP contribution in [-0.4, -0.2) is 38.9 Å². The average Bonchev–Trinajstić information content (AvgIpc) is 2.67. The van der Waals surface area contributed by atoms with Gasteiger partial charge in [0.2, 0.25) is 0 Å². The van der Waals surface area contributed by atoms with Gasteiger partial charge in [-0.3, -0.25) is 0 Å². The van der Waals surface area contributed by atoms with Crippen LogP contribution >= 0.6 is 0 Å². The number of quaternary nitrogens is 1. The minimum Gasteiger partial charge on any atom is -0.748 e. The van der Waals surface area contributed by atoms with Crippen LogP contribution in [0.1, 0.15) is 51.9 Å². The maximum atomic E-state index is 9.08. The number of hydrogen-bond donors (Lipinski definition) is 1. The van der Waals surface area contributed by atoms with E-state index in [1.807, 2.05) is 4.90 Å². The van der Waals surface area contributed by atoms with Gasteiger partial charge in [-0.05, 0) is 12.8 Å². The fourth-order valence-corrected chi connectivity index (χ4v) is 2.10. The fraction of sp³-hybridized carbons (Fsp3) is 1.00. The number of nitrogens with one attached hydrogen (secondary N) is 1. The van der Waals surface area contributed by atoms with Crippen molar-refractivity contribution in [3.05, 3.63) is 0 Å². The van der Waals surface area contributed by atoms with Gasteiger partial charge in [0.1, 0.15) is 0 Å². The van der Waals surface area contributed by atoms with E-state index in [2.05, 4.69) is 6.92 Å². The molecule has 17 heavy (non-hydrogen) atoms. The van der Waals surface area contributed by atoms with Gasteiger partial charge in [0, 0.05) is 19.1 Å². The smallest absolute Gasteiger partial charge is 0.0916 e. The molecule has 1 aliphatic rings. The zero-order chi connectivity index (χ0) is 13.1. The summed E-state index contributed by atoms with van der Waals surface area (Å²) < 4.78 is 27.2. The van der Waals surface area contributed by atoms with Crippen molar-refractivity contribution in [2.45, 2.75) is 51.9 Å². The van der Waals surface area contributed by atoms with Gasteiger partial charge in [-0.1, -0.05) is 26.2 Å². The number of hydrogen-bond acceptors (Lipinski definition) is 3. The van der Waals surface area contributed by atoms with Crippen molar-refractivity contribution in [1.82, 2.24) is 0 Å². The highest BCUT2D eigenvalue weighted by Gasteiger charge is 2.13. The highest BCUT2D eigenvalue weighted by molar-refractivity contribution is 7.84. The molecule has 0 amide bonds. The summed E-state index contributed by atoms with van der Waals surface area (Å²) in [5.74, 6) is 0. The Kier molecular flexibility index (Phi) is 9.78. The molecule has 0 saturated carbocycles. The predicted octanol–water partition coefficient (Wildman–Crippen LogP) is 0.797. The molecular formula is C12H27NO3S. The fourth-order valence-electron chi connectivity index (χ4n) is 2.10. The second-order valence-electron chi connectivity index (χ2n) is 4.83. The Morgan fingerprint density at radius 2 is 1.53 bits per heavy atom. The van der Waals surface area contributed by atoms with Gasteiger partial charge < -0.3 is 9.45 Å². The van der Waals surface area contributed by atoms with E-state index in [1.54, 1.807) is 0 Å². The van der Waals surface area contributed by atoms with Gasteiger partial charge in [0.05, 0.1) is 29.8 Å². The van der Waals surface area contributed by atoms with Crippen molar-refractivity contribution in [1.29, 1.82) is 0 Å². The van der Waals surface area contributed by atoms with Crippen LogP contribution in [0, 0.1) is 0 Å². The van der Waals surface area contributed by atoms with Crippen LogP contribution in [0.2, 0.25) is 0 Å². The number of unbranched alkanes of at least 4 members (excludes halogenated alkanes) is 4. The summed E-state index contributed by atoms with van der Waals surface area (Å²) in [7, 11) is -3.92. The van der Waals surface area contributed by atoms with Crippen molar-refractivity contribution in [3.8, 4) is 0 Å². The van der Waals surface area contributed by atoms with E-state index < -0.39 is 10.1 Å². The van der Waals surface area contributed by atoms with E-state index in [0.717, 1.165) is 0 Å². The van der Waals surface area contributed by atoms with Crippen molar-refractivity contribution in [2.75, 3.05) is 25.9 Å². The monoisotopic (exact) mass is 265 g/mol. The standard InChI is InChI=1S/C11H23N.CH4O3S/c1-2-3-4-5-6-9-12-10-7-8-11-12;1-5(2,3)4/h2-11H2,1H3;1H3,(H,2,3,4). The molecule has 0 radical (unpaired) electrons. The van der Waals surface area contributed by atoms with Crippen LogP contribution in [0.3, 0.4) is 0 Å². The summed E-state index contributed by atoms with van der Waals surface area (Å²) in [6, 6.07) is 0. The Balaban J connectivity index is 0.000000437. The molecule has 1 rings (SSSR count). The summed E-state index contributed by atoms with van der Waals surface area (Å²) in [6.45, 7) is 6.64. The number of likely N-dealkylation sites (tertiary alicyclic amines) is 1. The summed E-state index contributed by atoms with van der Waals surface area (Å²) >= 11 is 0. The largest absolute Gasteiger partial charge is 0.748 e. The summed E-state index contributed by atoms with van der Waals surface area (Å²) in [5.41, 5.74) is 0. The Hall–Kier alpha value is -0.130. The van der Waals surface area contributed by atoms with Gasteiger partial charge in [-0.15, -0.1) is 0 Å². The van der Waals surface area contributed by atoms with Gasteiger partial charge in [-0.2, -0.15) is 0 Å². The first kappa shape index (κ1) is 16.9. The van der Waals surface area contributed by atoms with Crippen molar-refractivity contribution < 1.29 is 17.9 Å². The van der Waals surface area contributed by atoms with Crippen molar-refractivity contribution in [2.24, 2.45) is 0 Å². The summed E-state index contributed by atoms with van der Waals surface area (Å²) in [5, 5.41) is 0. The first-order valence-electron chi connectivity index (χ1n) is 6.68. The Morgan fingerprint density at radius 1 is 1.06 bits per heavy atom. The molecule has 0 atom stereocenters. The lowest BCUT2D eigenvalue weighted by Crippen LogP contribution is -3.09. The molecule has 0 aromatic heterocycles. The molecule has 0 aromatic carbocycles. The van der Waals surface area contributed by atoms with Crippen molar-refractivity contribution in [3.63, 3.8) is 0 Å². The van der Waals surface area contributed by atoms with E-state index in [0.29, 0.717) is 6.26 Å². The van der Waals surface area contributed by atoms with E-state index in [1.165, 1.54) is 64.6 Å². The van der Waals surface area contributed by atoms with Gasteiger partial charge in [-0.25, -0.2) is 8.42 Å². The second kappa shape index (κ2) is 9.85. The minimum atomic E-state index is -3.92. The molecule has 0 unspecified atom stereocenters. The number of rotatable bonds is 6. The third-order valence-electron chi connectivity index (χ3n) is 2.94. The van der Waals surface area contributed by atoms with E-state index in [4.69, 9.17) is 13.0 Å². The van der Waals surface area contributed by atoms with E-state index >= 15 is 0 Å². The normalized spacial score (nSPS) is 16.6. The first-order chi connectivity index (χ1) is 7.93. The molecule has 1 fully saturated rings. The van der Waals surface area contributed by atoms with Gasteiger partial charge in [0.15, 0.2) is 0 Å². The molecule has 4 nitrogen and oxygen atoms in total. The lowest BCUT2D eigenvalue weighted by atomic mass is 10.1. The van der Waals surface area contributed by atoms with E-state index in [9.17, 15) is 0 Å². The molecule has 1 saturated heterocycles. The average molecular weight is 265 g/mol. The second-order valence-corrected chi connectivity index (χ2v) is 6.23. The third-order valence-corrected chi connectivity index (χ3v) is 2.94. The Morgan fingerprint density at radius 3 is 2.00 bits per heavy atom. The first-order valence-corrected chi connectivity index (χ1v) is 8.49. The molecular weight excluding hydrogens is 238 g/mol. The van der Waals surface area contributed by atoms with Crippen LogP contribution in [0.5, 0.6) is 0 Å². The highest BCUT2D eigenvalue weighted by Crippen LogP contribution is 2.00. The zero-order valence-corrected chi connectivity index (χ0v) is 12.0. The van der Waals surface area contributed by atoms with Gasteiger partial charge >= 0.3 is 0 Å². The molecule has 1 aliphatic heterocycles. The summed E-state index contributed by atoms with van der Waals surface area (Å²) in [6.07, 6.45) is 10.8. The molecule has 5 heteroatoms. The minimum absolute atomic E-state index is 0.604. The zero-order valence-electron chi connectivity index (χ0n) is 11.2. The quantitative estimate of drug-likeness (QED) is 0.571. The van der Waals surface area contributed by atoms with Crippen molar-refractivity contribution >= 4 is 10.1 Å².